The van der Waals surface area contributed by atoms with Gasteiger partial charge < -0.3 is 11.1 Å². The summed E-state index contributed by atoms with van der Waals surface area (Å²) in [6, 6.07) is 4.91. The van der Waals surface area contributed by atoms with Crippen molar-refractivity contribution in [2.75, 3.05) is 6.54 Å². The van der Waals surface area contributed by atoms with E-state index in [0.29, 0.717) is 10.0 Å². The van der Waals surface area contributed by atoms with E-state index in [1.54, 1.807) is 18.2 Å². The summed E-state index contributed by atoms with van der Waals surface area (Å²) in [5, 5.41) is 3.20. The minimum Gasteiger partial charge on any atom is -0.368 e. The Bertz CT molecular complexity index is 421. The summed E-state index contributed by atoms with van der Waals surface area (Å²) in [4.78, 5) is 21.7. The largest absolute Gasteiger partial charge is 0.368 e. The molecular weight excluding hydrogens is 251 g/mol. The van der Waals surface area contributed by atoms with Crippen LogP contribution in [0.1, 0.15) is 5.56 Å². The summed E-state index contributed by atoms with van der Waals surface area (Å²) in [6.45, 7) is -0.167. The zero-order valence-corrected chi connectivity index (χ0v) is 9.81. The van der Waals surface area contributed by atoms with E-state index in [1.807, 2.05) is 0 Å². The van der Waals surface area contributed by atoms with E-state index in [1.165, 1.54) is 0 Å². The summed E-state index contributed by atoms with van der Waals surface area (Å²) >= 11 is 11.5. The van der Waals surface area contributed by atoms with Crippen LogP contribution in [-0.4, -0.2) is 18.4 Å². The monoisotopic (exact) mass is 260 g/mol. The Labute approximate surface area is 103 Å². The molecule has 0 unspecified atom stereocenters. The van der Waals surface area contributed by atoms with Crippen molar-refractivity contribution in [2.24, 2.45) is 5.73 Å². The number of primary amides is 1. The van der Waals surface area contributed by atoms with E-state index in [4.69, 9.17) is 28.9 Å². The van der Waals surface area contributed by atoms with E-state index in [-0.39, 0.29) is 18.9 Å². The van der Waals surface area contributed by atoms with Gasteiger partial charge in [-0.1, -0.05) is 29.3 Å². The third-order valence-corrected chi connectivity index (χ3v) is 2.55. The van der Waals surface area contributed by atoms with Crippen molar-refractivity contribution in [3.05, 3.63) is 33.8 Å². The molecule has 0 radical (unpaired) electrons. The number of hydrogen-bond acceptors (Lipinski definition) is 2. The van der Waals surface area contributed by atoms with Crippen molar-refractivity contribution in [1.29, 1.82) is 0 Å². The van der Waals surface area contributed by atoms with Gasteiger partial charge in [-0.25, -0.2) is 0 Å². The lowest BCUT2D eigenvalue weighted by Gasteiger charge is -2.04. The van der Waals surface area contributed by atoms with Crippen molar-refractivity contribution in [3.8, 4) is 0 Å². The maximum atomic E-state index is 11.3. The smallest absolute Gasteiger partial charge is 0.236 e. The highest BCUT2D eigenvalue weighted by Crippen LogP contribution is 2.22. The first-order chi connectivity index (χ1) is 7.49. The van der Waals surface area contributed by atoms with Gasteiger partial charge in [0.25, 0.3) is 0 Å². The number of rotatable bonds is 4. The number of nitrogens with one attached hydrogen (secondary N) is 1. The van der Waals surface area contributed by atoms with E-state index in [2.05, 4.69) is 5.32 Å². The van der Waals surface area contributed by atoms with E-state index < -0.39 is 5.91 Å². The van der Waals surface area contributed by atoms with Gasteiger partial charge in [-0.3, -0.25) is 9.59 Å². The van der Waals surface area contributed by atoms with Gasteiger partial charge >= 0.3 is 0 Å². The Balaban J connectivity index is 2.56. The molecular formula is C10H10Cl2N2O2. The van der Waals surface area contributed by atoms with Crippen LogP contribution in [0.4, 0.5) is 0 Å². The highest BCUT2D eigenvalue weighted by Gasteiger charge is 2.06. The van der Waals surface area contributed by atoms with Crippen molar-refractivity contribution >= 4 is 35.0 Å². The lowest BCUT2D eigenvalue weighted by Crippen LogP contribution is -2.34. The zero-order chi connectivity index (χ0) is 12.1. The quantitative estimate of drug-likeness (QED) is 0.852. The predicted octanol–water partition coefficient (Wildman–Crippen LogP) is 1.14. The van der Waals surface area contributed by atoms with E-state index >= 15 is 0 Å². The summed E-state index contributed by atoms with van der Waals surface area (Å²) in [6.07, 6.45) is 0.129. The molecule has 16 heavy (non-hydrogen) atoms. The van der Waals surface area contributed by atoms with Gasteiger partial charge in [-0.2, -0.15) is 0 Å². The van der Waals surface area contributed by atoms with Gasteiger partial charge in [0.05, 0.1) is 23.0 Å². The summed E-state index contributed by atoms with van der Waals surface area (Å²) in [5.74, 6) is -0.875. The number of carbonyl (C=O) groups excluding carboxylic acids is 2. The van der Waals surface area contributed by atoms with Crippen molar-refractivity contribution in [1.82, 2.24) is 5.32 Å². The van der Waals surface area contributed by atoms with Gasteiger partial charge in [-0.15, -0.1) is 0 Å². The molecule has 2 amide bonds. The number of carbonyl (C=O) groups is 2. The molecule has 0 aromatic heterocycles. The molecule has 0 saturated heterocycles. The summed E-state index contributed by atoms with van der Waals surface area (Å²) < 4.78 is 0. The average molecular weight is 261 g/mol. The van der Waals surface area contributed by atoms with Crippen LogP contribution in [0.25, 0.3) is 0 Å². The van der Waals surface area contributed by atoms with E-state index in [0.717, 1.165) is 5.56 Å². The lowest BCUT2D eigenvalue weighted by atomic mass is 10.1. The number of halogens is 2. The first-order valence-corrected chi connectivity index (χ1v) is 5.23. The van der Waals surface area contributed by atoms with Gasteiger partial charge in [0, 0.05) is 0 Å². The molecule has 0 aliphatic heterocycles. The maximum absolute atomic E-state index is 11.3. The average Bonchev–Trinajstić information content (AvgIpc) is 2.21. The molecule has 1 aromatic rings. The van der Waals surface area contributed by atoms with Gasteiger partial charge in [0.2, 0.25) is 11.8 Å². The van der Waals surface area contributed by atoms with Crippen LogP contribution in [0.15, 0.2) is 18.2 Å². The first kappa shape index (κ1) is 12.8. The first-order valence-electron chi connectivity index (χ1n) is 4.48. The second-order valence-corrected chi connectivity index (χ2v) is 3.98. The molecule has 4 nitrogen and oxygen atoms in total. The molecule has 0 aliphatic rings. The van der Waals surface area contributed by atoms with Gasteiger partial charge in [0.15, 0.2) is 0 Å². The molecule has 6 heteroatoms. The van der Waals surface area contributed by atoms with Crippen LogP contribution in [0.3, 0.4) is 0 Å². The molecule has 86 valence electrons. The molecule has 0 saturated carbocycles. The highest BCUT2D eigenvalue weighted by molar-refractivity contribution is 6.42. The molecule has 1 rings (SSSR count). The molecule has 0 spiro atoms. The maximum Gasteiger partial charge on any atom is 0.236 e. The Hall–Kier alpha value is -1.26. The van der Waals surface area contributed by atoms with Crippen LogP contribution in [0.5, 0.6) is 0 Å². The molecule has 0 aliphatic carbocycles. The van der Waals surface area contributed by atoms with Crippen LogP contribution >= 0.6 is 23.2 Å². The molecule has 0 bridgehead atoms. The SMILES string of the molecule is NC(=O)CNC(=O)Cc1ccc(Cl)c(Cl)c1. The van der Waals surface area contributed by atoms with Crippen molar-refractivity contribution in [2.45, 2.75) is 6.42 Å². The molecule has 0 fully saturated rings. The molecule has 0 atom stereocenters. The number of nitrogens with two attached hydrogens (primary N) is 1. The van der Waals surface area contributed by atoms with Gasteiger partial charge in [0.1, 0.15) is 0 Å². The van der Waals surface area contributed by atoms with Crippen LogP contribution in [0.2, 0.25) is 10.0 Å². The second kappa shape index (κ2) is 5.72. The van der Waals surface area contributed by atoms with Crippen molar-refractivity contribution in [3.63, 3.8) is 0 Å². The molecule has 3 N–H and O–H groups in total. The summed E-state index contributed by atoms with van der Waals surface area (Å²) in [7, 11) is 0. The second-order valence-electron chi connectivity index (χ2n) is 3.17. The normalized spacial score (nSPS) is 9.88. The number of benzene rings is 1. The predicted molar refractivity (Wildman–Crippen MR) is 62.4 cm³/mol. The topological polar surface area (TPSA) is 72.2 Å². The Morgan fingerprint density at radius 1 is 1.25 bits per heavy atom. The minimum absolute atomic E-state index is 0.129. The zero-order valence-electron chi connectivity index (χ0n) is 8.30. The fourth-order valence-electron chi connectivity index (χ4n) is 1.08. The Kier molecular flexibility index (Phi) is 4.58. The van der Waals surface area contributed by atoms with Crippen LogP contribution in [-0.2, 0) is 16.0 Å². The molecule has 1 aromatic carbocycles. The standard InChI is InChI=1S/C10H10Cl2N2O2/c11-7-2-1-6(3-8(7)12)4-10(16)14-5-9(13)15/h1-3H,4-5H2,(H2,13,15)(H,14,16). The summed E-state index contributed by atoms with van der Waals surface area (Å²) in [5.41, 5.74) is 5.60. The highest BCUT2D eigenvalue weighted by atomic mass is 35.5. The minimum atomic E-state index is -0.581. The van der Waals surface area contributed by atoms with Crippen LogP contribution in [0, 0.1) is 0 Å². The Morgan fingerprint density at radius 3 is 2.50 bits per heavy atom. The number of hydrogen-bond donors (Lipinski definition) is 2. The van der Waals surface area contributed by atoms with Crippen LogP contribution < -0.4 is 11.1 Å². The lowest BCUT2D eigenvalue weighted by molar-refractivity contribution is -0.124. The Morgan fingerprint density at radius 2 is 1.94 bits per heavy atom. The molecule has 0 heterocycles. The fourth-order valence-corrected chi connectivity index (χ4v) is 1.40. The third kappa shape index (κ3) is 4.08. The fraction of sp³-hybridized carbons (Fsp3) is 0.200. The van der Waals surface area contributed by atoms with Gasteiger partial charge in [-0.05, 0) is 17.7 Å². The third-order valence-electron chi connectivity index (χ3n) is 1.81. The van der Waals surface area contributed by atoms with Crippen molar-refractivity contribution < 1.29 is 9.59 Å². The van der Waals surface area contributed by atoms with E-state index in [9.17, 15) is 9.59 Å². The number of amides is 2.